The number of furan rings is 1. The van der Waals surface area contributed by atoms with E-state index in [-0.39, 0.29) is 17.2 Å². The van der Waals surface area contributed by atoms with Crippen LogP contribution in [-0.4, -0.2) is 17.0 Å². The summed E-state index contributed by atoms with van der Waals surface area (Å²) < 4.78 is 10.5. The van der Waals surface area contributed by atoms with Crippen molar-refractivity contribution in [2.45, 2.75) is 0 Å². The smallest absolute Gasteiger partial charge is 0.312 e. The highest BCUT2D eigenvalue weighted by Gasteiger charge is 2.17. The van der Waals surface area contributed by atoms with E-state index in [0.29, 0.717) is 16.3 Å². The van der Waals surface area contributed by atoms with Crippen LogP contribution in [0.4, 0.5) is 5.69 Å². The molecule has 1 amide bonds. The zero-order valence-corrected chi connectivity index (χ0v) is 14.4. The van der Waals surface area contributed by atoms with Crippen LogP contribution < -0.4 is 10.2 Å². The van der Waals surface area contributed by atoms with E-state index in [2.05, 4.69) is 10.5 Å². The van der Waals surface area contributed by atoms with Gasteiger partial charge in [0.2, 0.25) is 5.75 Å². The molecule has 9 heteroatoms. The fourth-order valence-electron chi connectivity index (χ4n) is 2.12. The van der Waals surface area contributed by atoms with E-state index in [4.69, 9.17) is 20.8 Å². The van der Waals surface area contributed by atoms with Crippen LogP contribution in [0.5, 0.6) is 11.5 Å². The van der Waals surface area contributed by atoms with Gasteiger partial charge in [-0.15, -0.1) is 0 Å². The molecule has 0 aliphatic heterocycles. The number of nitro groups is 1. The molecule has 3 aromatic rings. The number of para-hydroxylation sites is 1. The van der Waals surface area contributed by atoms with Crippen molar-refractivity contribution in [1.82, 2.24) is 5.43 Å². The van der Waals surface area contributed by atoms with Gasteiger partial charge in [-0.05, 0) is 36.4 Å². The van der Waals surface area contributed by atoms with Crippen LogP contribution in [0.2, 0.25) is 5.02 Å². The third-order valence-corrected chi connectivity index (χ3v) is 3.67. The summed E-state index contributed by atoms with van der Waals surface area (Å²) in [5, 5.41) is 15.4. The number of carbonyl (C=O) groups excluding carboxylic acids is 1. The quantitative estimate of drug-likeness (QED) is 0.384. The molecule has 0 aliphatic carbocycles. The molecule has 136 valence electrons. The number of carbonyl (C=O) groups is 1. The number of rotatable bonds is 6. The Kier molecular flexibility index (Phi) is 5.48. The molecular weight excluding hydrogens is 374 g/mol. The molecular formula is C18H12ClN3O5. The second-order valence-corrected chi connectivity index (χ2v) is 5.60. The number of nitrogens with zero attached hydrogens (tertiary/aromatic N) is 2. The first-order valence-electron chi connectivity index (χ1n) is 7.62. The zero-order valence-electron chi connectivity index (χ0n) is 13.7. The van der Waals surface area contributed by atoms with E-state index in [1.165, 1.54) is 30.7 Å². The molecule has 0 fully saturated rings. The van der Waals surface area contributed by atoms with Crippen molar-refractivity contribution in [3.63, 3.8) is 0 Å². The van der Waals surface area contributed by atoms with Gasteiger partial charge >= 0.3 is 11.6 Å². The number of nitro benzene ring substituents is 1. The van der Waals surface area contributed by atoms with Crippen LogP contribution in [-0.2, 0) is 0 Å². The molecule has 0 atom stereocenters. The Morgan fingerprint density at radius 1 is 1.19 bits per heavy atom. The minimum atomic E-state index is -0.578. The molecule has 2 aromatic carbocycles. The van der Waals surface area contributed by atoms with Gasteiger partial charge in [0, 0.05) is 11.6 Å². The van der Waals surface area contributed by atoms with E-state index < -0.39 is 10.8 Å². The fraction of sp³-hybridized carbons (Fsp3) is 0. The summed E-state index contributed by atoms with van der Waals surface area (Å²) in [5.41, 5.74) is 2.39. The number of hydrogen-bond acceptors (Lipinski definition) is 6. The average molecular weight is 386 g/mol. The van der Waals surface area contributed by atoms with Crippen LogP contribution in [0, 0.1) is 10.1 Å². The number of amides is 1. The first-order valence-corrected chi connectivity index (χ1v) is 8.00. The standard InChI is InChI=1S/C18H12ClN3O5/c19-13-4-1-2-5-15(13)27-16-8-7-12(10-14(16)22(24)25)11-20-21-18(23)17-6-3-9-26-17/h1-11H,(H,21,23)/b20-11-. The van der Waals surface area contributed by atoms with Gasteiger partial charge in [-0.2, -0.15) is 5.10 Å². The molecule has 0 spiro atoms. The third kappa shape index (κ3) is 4.50. The van der Waals surface area contributed by atoms with Crippen molar-refractivity contribution >= 4 is 29.4 Å². The molecule has 0 aliphatic rings. The highest BCUT2D eigenvalue weighted by atomic mass is 35.5. The first-order chi connectivity index (χ1) is 13.0. The number of hydrazone groups is 1. The molecule has 0 unspecified atom stereocenters. The Hall–Kier alpha value is -3.65. The zero-order chi connectivity index (χ0) is 19.2. The van der Waals surface area contributed by atoms with Gasteiger partial charge in [0.05, 0.1) is 22.4 Å². The van der Waals surface area contributed by atoms with Gasteiger partial charge in [-0.1, -0.05) is 23.7 Å². The SMILES string of the molecule is O=C(N/N=C\c1ccc(Oc2ccccc2Cl)c([N+](=O)[O-])c1)c1ccco1. The second kappa shape index (κ2) is 8.15. The highest BCUT2D eigenvalue weighted by molar-refractivity contribution is 6.32. The van der Waals surface area contributed by atoms with Gasteiger partial charge in [0.15, 0.2) is 5.76 Å². The number of ether oxygens (including phenoxy) is 1. The number of nitrogens with one attached hydrogen (secondary N) is 1. The van der Waals surface area contributed by atoms with Crippen molar-refractivity contribution in [2.75, 3.05) is 0 Å². The molecule has 1 N–H and O–H groups in total. The summed E-state index contributed by atoms with van der Waals surface area (Å²) in [6, 6.07) is 14.0. The lowest BCUT2D eigenvalue weighted by Gasteiger charge is -2.08. The van der Waals surface area contributed by atoms with Crippen molar-refractivity contribution < 1.29 is 18.9 Å². The fourth-order valence-corrected chi connectivity index (χ4v) is 2.29. The summed E-state index contributed by atoms with van der Waals surface area (Å²) in [5.74, 6) is -0.106. The molecule has 0 saturated heterocycles. The Bertz CT molecular complexity index is 1000. The Morgan fingerprint density at radius 3 is 2.70 bits per heavy atom. The molecule has 0 saturated carbocycles. The van der Waals surface area contributed by atoms with E-state index in [1.807, 2.05) is 0 Å². The molecule has 0 radical (unpaired) electrons. The van der Waals surface area contributed by atoms with Crippen LogP contribution in [0.25, 0.3) is 0 Å². The average Bonchev–Trinajstić information content (AvgIpc) is 3.19. The van der Waals surface area contributed by atoms with Crippen molar-refractivity contribution in [2.24, 2.45) is 5.10 Å². The molecule has 1 heterocycles. The van der Waals surface area contributed by atoms with Crippen LogP contribution in [0.15, 0.2) is 70.4 Å². The molecule has 1 aromatic heterocycles. The Labute approximate surface area is 158 Å². The molecule has 27 heavy (non-hydrogen) atoms. The summed E-state index contributed by atoms with van der Waals surface area (Å²) >= 11 is 6.01. The van der Waals surface area contributed by atoms with Crippen LogP contribution >= 0.6 is 11.6 Å². The maximum Gasteiger partial charge on any atom is 0.312 e. The largest absolute Gasteiger partial charge is 0.459 e. The minimum Gasteiger partial charge on any atom is -0.459 e. The van der Waals surface area contributed by atoms with E-state index in [1.54, 1.807) is 36.4 Å². The van der Waals surface area contributed by atoms with Gasteiger partial charge in [-0.25, -0.2) is 5.43 Å². The van der Waals surface area contributed by atoms with Gasteiger partial charge in [0.25, 0.3) is 0 Å². The first kappa shape index (κ1) is 18.2. The molecule has 8 nitrogen and oxygen atoms in total. The van der Waals surface area contributed by atoms with Crippen molar-refractivity contribution in [3.05, 3.63) is 87.3 Å². The van der Waals surface area contributed by atoms with Crippen LogP contribution in [0.1, 0.15) is 16.1 Å². The van der Waals surface area contributed by atoms with Crippen LogP contribution in [0.3, 0.4) is 0 Å². The summed E-state index contributed by atoms with van der Waals surface area (Å²) in [6.07, 6.45) is 2.63. The topological polar surface area (TPSA) is 107 Å². The molecule has 3 rings (SSSR count). The lowest BCUT2D eigenvalue weighted by atomic mass is 10.2. The van der Waals surface area contributed by atoms with Gasteiger partial charge in [0.1, 0.15) is 5.75 Å². The normalized spacial score (nSPS) is 10.7. The summed E-state index contributed by atoms with van der Waals surface area (Å²) in [7, 11) is 0. The lowest BCUT2D eigenvalue weighted by Crippen LogP contribution is -2.16. The Morgan fingerprint density at radius 2 is 2.00 bits per heavy atom. The van der Waals surface area contributed by atoms with Crippen molar-refractivity contribution in [1.29, 1.82) is 0 Å². The number of halogens is 1. The maximum absolute atomic E-state index is 11.7. The summed E-state index contributed by atoms with van der Waals surface area (Å²) in [4.78, 5) is 22.5. The minimum absolute atomic E-state index is 0.0323. The Balaban J connectivity index is 1.77. The lowest BCUT2D eigenvalue weighted by molar-refractivity contribution is -0.385. The predicted molar refractivity (Wildman–Crippen MR) is 98.4 cm³/mol. The van der Waals surface area contributed by atoms with Gasteiger partial charge in [-0.3, -0.25) is 14.9 Å². The van der Waals surface area contributed by atoms with E-state index in [0.717, 1.165) is 0 Å². The monoisotopic (exact) mass is 385 g/mol. The number of benzene rings is 2. The van der Waals surface area contributed by atoms with E-state index >= 15 is 0 Å². The second-order valence-electron chi connectivity index (χ2n) is 5.19. The van der Waals surface area contributed by atoms with E-state index in [9.17, 15) is 14.9 Å². The maximum atomic E-state index is 11.7. The molecule has 0 bridgehead atoms. The highest BCUT2D eigenvalue weighted by Crippen LogP contribution is 2.35. The predicted octanol–water partition coefficient (Wildman–Crippen LogP) is 4.40. The third-order valence-electron chi connectivity index (χ3n) is 3.36. The number of hydrogen-bond donors (Lipinski definition) is 1. The summed E-state index contributed by atoms with van der Waals surface area (Å²) in [6.45, 7) is 0. The van der Waals surface area contributed by atoms with Gasteiger partial charge < -0.3 is 9.15 Å². The van der Waals surface area contributed by atoms with Crippen molar-refractivity contribution in [3.8, 4) is 11.5 Å².